The fourth-order valence-corrected chi connectivity index (χ4v) is 4.27. The van der Waals surface area contributed by atoms with Crippen molar-refractivity contribution in [2.75, 3.05) is 0 Å². The minimum absolute atomic E-state index is 0.220. The highest BCUT2D eigenvalue weighted by Crippen LogP contribution is 2.58. The van der Waals surface area contributed by atoms with Gasteiger partial charge in [-0.05, 0) is 103 Å². The number of allylic oxidation sites excluding steroid dienone is 7. The van der Waals surface area contributed by atoms with E-state index in [4.69, 9.17) is 0 Å². The normalized spacial score (nSPS) is 33.6. The zero-order valence-electron chi connectivity index (χ0n) is 11.3. The molecule has 0 radical (unpaired) electrons. The summed E-state index contributed by atoms with van der Waals surface area (Å²) in [5.74, 6) is 1.30. The first-order valence-corrected chi connectivity index (χ1v) is 8.63. The van der Waals surface area contributed by atoms with Gasteiger partial charge in [0.15, 0.2) is 0 Å². The maximum absolute atomic E-state index is 4.40. The highest BCUT2D eigenvalue weighted by molar-refractivity contribution is 14.1. The van der Waals surface area contributed by atoms with Crippen molar-refractivity contribution in [3.63, 3.8) is 0 Å². The summed E-state index contributed by atoms with van der Waals surface area (Å²) >= 11 is 4.90. The van der Waals surface area contributed by atoms with Gasteiger partial charge in [0, 0.05) is 3.58 Å². The first kappa shape index (κ1) is 14.8. The van der Waals surface area contributed by atoms with Crippen molar-refractivity contribution < 1.29 is 0 Å². The van der Waals surface area contributed by atoms with Gasteiger partial charge >= 0.3 is 0 Å². The van der Waals surface area contributed by atoms with E-state index in [1.807, 2.05) is 0 Å². The second kappa shape index (κ2) is 5.43. The molecule has 98 valence electrons. The Labute approximate surface area is 138 Å². The van der Waals surface area contributed by atoms with E-state index in [0.717, 1.165) is 0 Å². The van der Waals surface area contributed by atoms with Crippen molar-refractivity contribution in [2.24, 2.45) is 17.3 Å². The van der Waals surface area contributed by atoms with Gasteiger partial charge in [-0.3, -0.25) is 0 Å². The second-order valence-corrected chi connectivity index (χ2v) is 8.39. The zero-order chi connectivity index (χ0) is 13.5. The van der Waals surface area contributed by atoms with Gasteiger partial charge in [0.25, 0.3) is 0 Å². The molecule has 2 unspecified atom stereocenters. The Balaban J connectivity index is 2.47. The third-order valence-electron chi connectivity index (χ3n) is 4.37. The van der Waals surface area contributed by atoms with Crippen molar-refractivity contribution in [3.8, 4) is 0 Å². The van der Waals surface area contributed by atoms with Crippen LogP contribution in [-0.2, 0) is 0 Å². The van der Waals surface area contributed by atoms with Crippen LogP contribution in [0.25, 0.3) is 0 Å². The van der Waals surface area contributed by atoms with Gasteiger partial charge in [-0.15, -0.1) is 0 Å². The smallest absolute Gasteiger partial charge is 0.00902 e. The van der Waals surface area contributed by atoms with E-state index in [-0.39, 0.29) is 5.41 Å². The Morgan fingerprint density at radius 1 is 1.50 bits per heavy atom. The summed E-state index contributed by atoms with van der Waals surface area (Å²) in [5.41, 5.74) is 3.06. The lowest BCUT2D eigenvalue weighted by molar-refractivity contribution is 0.290. The van der Waals surface area contributed by atoms with Crippen LogP contribution in [0.3, 0.4) is 0 Å². The van der Waals surface area contributed by atoms with Crippen LogP contribution in [0.4, 0.5) is 0 Å². The molecule has 0 amide bonds. The first-order valence-electron chi connectivity index (χ1n) is 6.47. The molecule has 2 atom stereocenters. The van der Waals surface area contributed by atoms with Crippen molar-refractivity contribution in [3.05, 3.63) is 43.1 Å². The average molecular weight is 466 g/mol. The molecule has 2 aliphatic rings. The summed E-state index contributed by atoms with van der Waals surface area (Å²) in [5, 5.41) is 0. The number of rotatable bonds is 1. The van der Waals surface area contributed by atoms with Crippen LogP contribution >= 0.6 is 45.2 Å². The number of hydrogen-bond acceptors (Lipinski definition) is 0. The summed E-state index contributed by atoms with van der Waals surface area (Å²) in [6.07, 6.45) is 9.49. The predicted molar refractivity (Wildman–Crippen MR) is 97.1 cm³/mol. The Morgan fingerprint density at radius 2 is 2.17 bits per heavy atom. The first-order chi connectivity index (χ1) is 8.37. The van der Waals surface area contributed by atoms with E-state index < -0.39 is 0 Å². The van der Waals surface area contributed by atoms with Crippen molar-refractivity contribution >= 4 is 45.2 Å². The molecule has 2 rings (SSSR count). The Bertz CT molecular complexity index is 463. The molecule has 0 aliphatic heterocycles. The van der Waals surface area contributed by atoms with Crippen LogP contribution in [0.15, 0.2) is 43.1 Å². The van der Waals surface area contributed by atoms with E-state index in [0.29, 0.717) is 11.8 Å². The predicted octanol–water partition coefficient (Wildman–Crippen LogP) is 6.19. The molecule has 0 spiro atoms. The summed E-state index contributed by atoms with van der Waals surface area (Å²) in [7, 11) is 0. The maximum Gasteiger partial charge on any atom is 0.00902 e. The zero-order valence-corrected chi connectivity index (χ0v) is 15.6. The lowest BCUT2D eigenvalue weighted by Gasteiger charge is -2.31. The molecular formula is C16H20I2. The molecule has 0 heterocycles. The maximum atomic E-state index is 4.40. The summed E-state index contributed by atoms with van der Waals surface area (Å²) in [4.78, 5) is 0. The van der Waals surface area contributed by atoms with Crippen molar-refractivity contribution in [1.29, 1.82) is 0 Å². The molecule has 0 aromatic rings. The van der Waals surface area contributed by atoms with Crippen LogP contribution in [0.2, 0.25) is 0 Å². The lowest BCUT2D eigenvalue weighted by atomic mass is 9.74. The van der Waals surface area contributed by atoms with Crippen LogP contribution in [0.1, 0.15) is 33.6 Å². The van der Waals surface area contributed by atoms with E-state index in [9.17, 15) is 0 Å². The monoisotopic (exact) mass is 466 g/mol. The van der Waals surface area contributed by atoms with E-state index >= 15 is 0 Å². The molecule has 0 N–H and O–H groups in total. The van der Waals surface area contributed by atoms with Gasteiger partial charge in [0.05, 0.1) is 0 Å². The molecular weight excluding hydrogens is 446 g/mol. The van der Waals surface area contributed by atoms with Gasteiger partial charge in [0.1, 0.15) is 0 Å². The van der Waals surface area contributed by atoms with Gasteiger partial charge in [-0.25, -0.2) is 0 Å². The van der Waals surface area contributed by atoms with Gasteiger partial charge < -0.3 is 0 Å². The third-order valence-corrected chi connectivity index (χ3v) is 6.20. The molecule has 2 aliphatic carbocycles. The highest BCUT2D eigenvalue weighted by Gasteiger charge is 2.47. The Hall–Kier alpha value is 0.420. The lowest BCUT2D eigenvalue weighted by Crippen LogP contribution is -2.23. The molecule has 2 heteroatoms. The summed E-state index contributed by atoms with van der Waals surface area (Å²) < 4.78 is 2.84. The van der Waals surface area contributed by atoms with Crippen LogP contribution < -0.4 is 0 Å². The van der Waals surface area contributed by atoms with Crippen LogP contribution in [-0.4, -0.2) is 0 Å². The standard InChI is InChI=1S/C16H20I2/c1-5-11(17)8-14-10(2)13-7-6-12(18)9-15(13)16(14,3)4/h5,8-9,13,15H,2,6-7H2,1,3-4H3/b11-5+,14-8+. The molecule has 0 aromatic heterocycles. The summed E-state index contributed by atoms with van der Waals surface area (Å²) in [6.45, 7) is 11.2. The number of fused-ring (bicyclic) bond motifs is 1. The molecule has 0 nitrogen and oxygen atoms in total. The minimum Gasteiger partial charge on any atom is -0.0952 e. The molecule has 0 bridgehead atoms. The van der Waals surface area contributed by atoms with E-state index in [1.165, 1.54) is 31.1 Å². The van der Waals surface area contributed by atoms with Gasteiger partial charge in [-0.2, -0.15) is 0 Å². The molecule has 18 heavy (non-hydrogen) atoms. The third kappa shape index (κ3) is 2.51. The van der Waals surface area contributed by atoms with E-state index in [1.54, 1.807) is 0 Å². The fourth-order valence-electron chi connectivity index (χ4n) is 3.26. The molecule has 1 fully saturated rings. The highest BCUT2D eigenvalue weighted by atomic mass is 127. The molecule has 0 aromatic carbocycles. The van der Waals surface area contributed by atoms with Gasteiger partial charge in [0.2, 0.25) is 0 Å². The van der Waals surface area contributed by atoms with Crippen molar-refractivity contribution in [1.82, 2.24) is 0 Å². The Kier molecular flexibility index (Phi) is 4.47. The van der Waals surface area contributed by atoms with E-state index in [2.05, 4.69) is 90.8 Å². The molecule has 1 saturated carbocycles. The Morgan fingerprint density at radius 3 is 2.78 bits per heavy atom. The summed E-state index contributed by atoms with van der Waals surface area (Å²) in [6, 6.07) is 0. The van der Waals surface area contributed by atoms with Crippen molar-refractivity contribution in [2.45, 2.75) is 33.6 Å². The minimum atomic E-state index is 0.220. The second-order valence-electron chi connectivity index (χ2n) is 5.76. The average Bonchev–Trinajstić information content (AvgIpc) is 2.50. The van der Waals surface area contributed by atoms with Gasteiger partial charge in [-0.1, -0.05) is 32.6 Å². The quantitative estimate of drug-likeness (QED) is 0.405. The number of halogens is 2. The number of hydrogen-bond donors (Lipinski definition) is 0. The van der Waals surface area contributed by atoms with Crippen LogP contribution in [0, 0.1) is 17.3 Å². The topological polar surface area (TPSA) is 0 Å². The van der Waals surface area contributed by atoms with Crippen LogP contribution in [0.5, 0.6) is 0 Å². The SMILES string of the molecule is C=C1/C(=C\C(I)=C/C)C(C)(C)C2C=C(I)CCC12. The fraction of sp³-hybridized carbons (Fsp3) is 0.500. The molecule has 0 saturated heterocycles. The largest absolute Gasteiger partial charge is 0.0952 e.